The second-order valence-corrected chi connectivity index (χ2v) is 9.06. The van der Waals surface area contributed by atoms with Crippen molar-refractivity contribution in [3.63, 3.8) is 0 Å². The number of fused-ring (bicyclic) bond motifs is 1. The summed E-state index contributed by atoms with van der Waals surface area (Å²) in [5.74, 6) is -0.166. The van der Waals surface area contributed by atoms with Gasteiger partial charge in [0, 0.05) is 56.6 Å². The lowest BCUT2D eigenvalue weighted by molar-refractivity contribution is 0.153. The number of aromatic nitrogens is 4. The molecule has 1 aliphatic rings. The number of likely N-dealkylation sites (N-methyl/N-ethyl adjacent to an activating group) is 1. The Kier molecular flexibility index (Phi) is 6.34. The van der Waals surface area contributed by atoms with Crippen molar-refractivity contribution in [2.24, 2.45) is 7.05 Å². The summed E-state index contributed by atoms with van der Waals surface area (Å²) < 4.78 is 23.3. The maximum atomic E-state index is 14.3. The molecule has 7 nitrogen and oxygen atoms in total. The van der Waals surface area contributed by atoms with Gasteiger partial charge in [-0.15, -0.1) is 0 Å². The number of aryl methyl sites for hydroxylation is 2. The predicted octanol–water partition coefficient (Wildman–Crippen LogP) is 3.75. The van der Waals surface area contributed by atoms with Gasteiger partial charge in [0.15, 0.2) is 11.6 Å². The summed E-state index contributed by atoms with van der Waals surface area (Å²) in [5.41, 5.74) is 4.53. The molecule has 1 aliphatic heterocycles. The molecule has 178 valence electrons. The summed E-state index contributed by atoms with van der Waals surface area (Å²) in [6.45, 7) is 5.65. The van der Waals surface area contributed by atoms with Crippen LogP contribution in [0.15, 0.2) is 48.9 Å². The number of piperazine rings is 1. The topological polar surface area (TPSA) is 51.4 Å². The molecule has 0 bridgehead atoms. The molecule has 34 heavy (non-hydrogen) atoms. The molecule has 0 spiro atoms. The summed E-state index contributed by atoms with van der Waals surface area (Å²) >= 11 is 0. The largest absolute Gasteiger partial charge is 0.494 e. The first-order valence-corrected chi connectivity index (χ1v) is 11.8. The van der Waals surface area contributed by atoms with E-state index in [4.69, 9.17) is 9.72 Å². The number of benzene rings is 1. The van der Waals surface area contributed by atoms with Gasteiger partial charge in [-0.25, -0.2) is 9.37 Å². The molecule has 0 aliphatic carbocycles. The number of rotatable bonds is 7. The van der Waals surface area contributed by atoms with Crippen molar-refractivity contribution >= 4 is 11.0 Å². The molecule has 0 N–H and O–H groups in total. The molecule has 1 saturated heterocycles. The molecule has 1 aromatic carbocycles. The summed E-state index contributed by atoms with van der Waals surface area (Å²) in [4.78, 5) is 9.89. The fourth-order valence-corrected chi connectivity index (χ4v) is 4.65. The molecule has 0 saturated carbocycles. The molecule has 0 amide bonds. The van der Waals surface area contributed by atoms with Gasteiger partial charge in [0.1, 0.15) is 5.65 Å². The van der Waals surface area contributed by atoms with Crippen LogP contribution in [0.5, 0.6) is 5.75 Å². The van der Waals surface area contributed by atoms with Crippen LogP contribution >= 0.6 is 0 Å². The van der Waals surface area contributed by atoms with Gasteiger partial charge >= 0.3 is 0 Å². The first-order valence-electron chi connectivity index (χ1n) is 11.8. The van der Waals surface area contributed by atoms with E-state index >= 15 is 0 Å². The van der Waals surface area contributed by atoms with Gasteiger partial charge < -0.3 is 14.5 Å². The van der Waals surface area contributed by atoms with Gasteiger partial charge in [0.25, 0.3) is 0 Å². The van der Waals surface area contributed by atoms with E-state index in [0.29, 0.717) is 0 Å². The maximum absolute atomic E-state index is 14.3. The van der Waals surface area contributed by atoms with Crippen molar-refractivity contribution in [1.82, 2.24) is 29.1 Å². The molecule has 4 aromatic rings. The van der Waals surface area contributed by atoms with Crippen molar-refractivity contribution in [2.75, 3.05) is 46.9 Å². The third kappa shape index (κ3) is 4.56. The van der Waals surface area contributed by atoms with Crippen LogP contribution in [0.4, 0.5) is 4.39 Å². The van der Waals surface area contributed by atoms with Crippen LogP contribution in [0.3, 0.4) is 0 Å². The van der Waals surface area contributed by atoms with Gasteiger partial charge in [-0.3, -0.25) is 9.25 Å². The maximum Gasteiger partial charge on any atom is 0.165 e. The Balaban J connectivity index is 1.45. The first kappa shape index (κ1) is 22.6. The van der Waals surface area contributed by atoms with Crippen molar-refractivity contribution in [3.8, 4) is 22.7 Å². The lowest BCUT2D eigenvalue weighted by Gasteiger charge is -2.32. The zero-order valence-electron chi connectivity index (χ0n) is 20.0. The van der Waals surface area contributed by atoms with E-state index in [9.17, 15) is 4.39 Å². The number of hydrogen-bond donors (Lipinski definition) is 0. The highest BCUT2D eigenvalue weighted by atomic mass is 19.1. The van der Waals surface area contributed by atoms with E-state index in [1.165, 1.54) is 18.7 Å². The van der Waals surface area contributed by atoms with Crippen LogP contribution in [0.1, 0.15) is 12.0 Å². The van der Waals surface area contributed by atoms with Gasteiger partial charge in [-0.1, -0.05) is 0 Å². The fourth-order valence-electron chi connectivity index (χ4n) is 4.65. The van der Waals surface area contributed by atoms with Gasteiger partial charge in [0.05, 0.1) is 24.7 Å². The quantitative estimate of drug-likeness (QED) is 0.419. The molecule has 0 unspecified atom stereocenters. The Labute approximate surface area is 199 Å². The zero-order chi connectivity index (χ0) is 23.7. The molecule has 5 rings (SSSR count). The first-order chi connectivity index (χ1) is 16.5. The normalized spacial score (nSPS) is 15.3. The lowest BCUT2D eigenvalue weighted by Crippen LogP contribution is -2.44. The summed E-state index contributed by atoms with van der Waals surface area (Å²) in [7, 11) is 5.56. The Morgan fingerprint density at radius 2 is 1.85 bits per heavy atom. The Hall–Kier alpha value is -3.23. The smallest absolute Gasteiger partial charge is 0.165 e. The standard InChI is InChI=1S/C26H31FN6O/c1-30-11-13-32(14-12-30)10-4-5-20-17-33(21-16-28-31(2)18-21)26-22(20)7-8-24(29-26)19-6-9-25(34-3)23(27)15-19/h6-9,15-18H,4-5,10-14H2,1-3H3. The average Bonchev–Trinajstić information content (AvgIpc) is 3.43. The molecule has 8 heteroatoms. The third-order valence-corrected chi connectivity index (χ3v) is 6.67. The summed E-state index contributed by atoms with van der Waals surface area (Å²) in [6.07, 6.45) is 8.08. The number of ether oxygens (including phenoxy) is 1. The monoisotopic (exact) mass is 462 g/mol. The van der Waals surface area contributed by atoms with Crippen molar-refractivity contribution in [3.05, 3.63) is 60.3 Å². The Morgan fingerprint density at radius 3 is 2.56 bits per heavy atom. The minimum Gasteiger partial charge on any atom is -0.494 e. The van der Waals surface area contributed by atoms with E-state index in [-0.39, 0.29) is 5.75 Å². The predicted molar refractivity (Wildman–Crippen MR) is 132 cm³/mol. The van der Waals surface area contributed by atoms with Crippen LogP contribution in [-0.2, 0) is 13.5 Å². The molecule has 0 atom stereocenters. The second-order valence-electron chi connectivity index (χ2n) is 9.06. The molecule has 3 aromatic heterocycles. The summed E-state index contributed by atoms with van der Waals surface area (Å²) in [5, 5.41) is 5.47. The average molecular weight is 463 g/mol. The lowest BCUT2D eigenvalue weighted by atomic mass is 10.1. The van der Waals surface area contributed by atoms with E-state index < -0.39 is 5.82 Å². The van der Waals surface area contributed by atoms with E-state index in [1.54, 1.807) is 10.7 Å². The van der Waals surface area contributed by atoms with Gasteiger partial charge in [-0.2, -0.15) is 5.10 Å². The van der Waals surface area contributed by atoms with Crippen LogP contribution in [0.25, 0.3) is 28.0 Å². The van der Waals surface area contributed by atoms with E-state index in [0.717, 1.165) is 73.5 Å². The number of pyridine rings is 1. The summed E-state index contributed by atoms with van der Waals surface area (Å²) in [6, 6.07) is 9.03. The molecule has 1 fully saturated rings. The SMILES string of the molecule is COc1ccc(-c2ccc3c(CCCN4CCN(C)CC4)cn(-c4cnn(C)c4)c3n2)cc1F. The van der Waals surface area contributed by atoms with E-state index in [2.05, 4.69) is 38.8 Å². The van der Waals surface area contributed by atoms with Crippen LogP contribution < -0.4 is 4.74 Å². The number of hydrogen-bond acceptors (Lipinski definition) is 5. The highest BCUT2D eigenvalue weighted by molar-refractivity contribution is 5.84. The molecule has 0 radical (unpaired) electrons. The van der Waals surface area contributed by atoms with Crippen molar-refractivity contribution in [1.29, 1.82) is 0 Å². The highest BCUT2D eigenvalue weighted by Gasteiger charge is 2.17. The van der Waals surface area contributed by atoms with Gasteiger partial charge in [-0.05, 0) is 62.3 Å². The zero-order valence-corrected chi connectivity index (χ0v) is 20.0. The van der Waals surface area contributed by atoms with Crippen molar-refractivity contribution < 1.29 is 9.13 Å². The highest BCUT2D eigenvalue weighted by Crippen LogP contribution is 2.29. The Bertz CT molecular complexity index is 1290. The van der Waals surface area contributed by atoms with Crippen molar-refractivity contribution in [2.45, 2.75) is 12.8 Å². The van der Waals surface area contributed by atoms with E-state index in [1.807, 2.05) is 31.6 Å². The number of methoxy groups -OCH3 is 1. The third-order valence-electron chi connectivity index (χ3n) is 6.67. The number of nitrogens with zero attached hydrogens (tertiary/aromatic N) is 6. The molecular formula is C26H31FN6O. The van der Waals surface area contributed by atoms with Gasteiger partial charge in [0.2, 0.25) is 0 Å². The minimum absolute atomic E-state index is 0.228. The Morgan fingerprint density at radius 1 is 1.03 bits per heavy atom. The molecular weight excluding hydrogens is 431 g/mol. The van der Waals surface area contributed by atoms with Crippen LogP contribution in [0.2, 0.25) is 0 Å². The fraction of sp³-hybridized carbons (Fsp3) is 0.385. The second kappa shape index (κ2) is 9.56. The molecule has 4 heterocycles. The van der Waals surface area contributed by atoms with Crippen LogP contribution in [0, 0.1) is 5.82 Å². The van der Waals surface area contributed by atoms with Crippen LogP contribution in [-0.4, -0.2) is 76.0 Å². The number of halogens is 1. The minimum atomic E-state index is -0.394.